The second-order valence-electron chi connectivity index (χ2n) is 13.4. The van der Waals surface area contributed by atoms with Gasteiger partial charge in [0.25, 0.3) is 11.8 Å². The van der Waals surface area contributed by atoms with Crippen molar-refractivity contribution in [2.75, 3.05) is 20.1 Å². The summed E-state index contributed by atoms with van der Waals surface area (Å²) in [4.78, 5) is 49.8. The fourth-order valence-electron chi connectivity index (χ4n) is 8.25. The second kappa shape index (κ2) is 9.39. The molecule has 10 heteroatoms. The topological polar surface area (TPSA) is 119 Å². The van der Waals surface area contributed by atoms with E-state index in [1.165, 1.54) is 20.7 Å². The summed E-state index contributed by atoms with van der Waals surface area (Å²) < 4.78 is 6.45. The Morgan fingerprint density at radius 1 is 1.29 bits per heavy atom. The molecule has 1 aromatic heterocycles. The lowest BCUT2D eigenvalue weighted by atomic mass is 9.79. The summed E-state index contributed by atoms with van der Waals surface area (Å²) in [5.74, 6) is -4.20. The van der Waals surface area contributed by atoms with Crippen LogP contribution < -0.4 is 10.2 Å². The maximum Gasteiger partial charge on any atom is 0.281 e. The molecule has 7 rings (SSSR count). The number of aromatic nitrogens is 1. The number of benzene rings is 1. The number of aromatic amines is 1. The number of hydrogen-bond donors (Lipinski definition) is 4. The minimum Gasteiger partial charge on any atom is -0.361 e. The Morgan fingerprint density at radius 3 is 2.81 bits per heavy atom. The fourth-order valence-corrected chi connectivity index (χ4v) is 8.25. The first-order valence-corrected chi connectivity index (χ1v) is 15.5. The van der Waals surface area contributed by atoms with Crippen molar-refractivity contribution in [2.45, 2.75) is 83.1 Å². The first kappa shape index (κ1) is 27.6. The van der Waals surface area contributed by atoms with Gasteiger partial charge in [-0.2, -0.15) is 0 Å². The Kier molecular flexibility index (Phi) is 6.18. The zero-order chi connectivity index (χ0) is 29.7. The molecule has 10 nitrogen and oxygen atoms in total. The molecule has 4 aliphatic heterocycles. The van der Waals surface area contributed by atoms with Crippen LogP contribution in [0.2, 0.25) is 0 Å². The summed E-state index contributed by atoms with van der Waals surface area (Å²) in [7, 11) is 2.12. The van der Waals surface area contributed by atoms with Crippen LogP contribution in [-0.2, 0) is 25.5 Å². The largest absolute Gasteiger partial charge is 0.361 e. The van der Waals surface area contributed by atoms with Crippen LogP contribution in [0.4, 0.5) is 0 Å². The average molecular weight is 577 g/mol. The average Bonchev–Trinajstić information content (AvgIpc) is 3.68. The van der Waals surface area contributed by atoms with Gasteiger partial charge in [-0.3, -0.25) is 24.0 Å². The monoisotopic (exact) mass is 576 g/mol. The molecule has 3 fully saturated rings. The minimum absolute atomic E-state index is 0.150. The molecule has 8 atom stereocenters. The highest BCUT2D eigenvalue weighted by atomic mass is 16.7. The smallest absolute Gasteiger partial charge is 0.281 e. The van der Waals surface area contributed by atoms with Crippen molar-refractivity contribution in [3.63, 3.8) is 0 Å². The number of quaternary nitrogens is 1. The molecule has 0 bridgehead atoms. The highest BCUT2D eigenvalue weighted by Gasteiger charge is 2.72. The van der Waals surface area contributed by atoms with Gasteiger partial charge in [-0.25, -0.2) is 0 Å². The van der Waals surface area contributed by atoms with Crippen LogP contribution in [0.15, 0.2) is 30.5 Å². The van der Waals surface area contributed by atoms with E-state index in [-0.39, 0.29) is 23.8 Å². The van der Waals surface area contributed by atoms with E-state index in [9.17, 15) is 19.5 Å². The van der Waals surface area contributed by atoms with Crippen LogP contribution in [0.25, 0.3) is 16.5 Å². The molecule has 5 heterocycles. The Bertz CT molecular complexity index is 1520. The molecule has 0 radical (unpaired) electrons. The number of ether oxygens (including phenoxy) is 1. The summed E-state index contributed by atoms with van der Waals surface area (Å²) in [5, 5.41) is 16.4. The first-order valence-electron chi connectivity index (χ1n) is 15.5. The normalized spacial score (nSPS) is 36.2. The molecule has 42 heavy (non-hydrogen) atoms. The molecular weight excluding hydrogens is 534 g/mol. The molecule has 5 aliphatic rings. The zero-order valence-electron chi connectivity index (χ0n) is 25.1. The van der Waals surface area contributed by atoms with E-state index < -0.39 is 41.5 Å². The Labute approximate surface area is 246 Å². The van der Waals surface area contributed by atoms with Crippen molar-refractivity contribution in [1.82, 2.24) is 20.1 Å². The predicted molar refractivity (Wildman–Crippen MR) is 156 cm³/mol. The van der Waals surface area contributed by atoms with Crippen molar-refractivity contribution in [3.8, 4) is 0 Å². The van der Waals surface area contributed by atoms with Gasteiger partial charge in [0, 0.05) is 41.6 Å². The Balaban J connectivity index is 1.25. The molecule has 4 N–H and O–H groups in total. The summed E-state index contributed by atoms with van der Waals surface area (Å²) in [6.07, 6.45) is 6.95. The first-order chi connectivity index (χ1) is 20.0. The lowest BCUT2D eigenvalue weighted by molar-refractivity contribution is -0.900. The number of H-pyrrole nitrogens is 1. The van der Waals surface area contributed by atoms with Gasteiger partial charge in [-0.15, -0.1) is 0 Å². The predicted octanol–water partition coefficient (Wildman–Crippen LogP) is 1.01. The van der Waals surface area contributed by atoms with Crippen LogP contribution >= 0.6 is 0 Å². The molecule has 3 saturated heterocycles. The molecule has 1 unspecified atom stereocenters. The number of nitrogens with zero attached hydrogens (tertiary/aromatic N) is 2. The highest BCUT2D eigenvalue weighted by Crippen LogP contribution is 2.49. The highest BCUT2D eigenvalue weighted by molar-refractivity contribution is 6.00. The minimum atomic E-state index is -2.00. The van der Waals surface area contributed by atoms with Crippen LogP contribution in [-0.4, -0.2) is 87.5 Å². The van der Waals surface area contributed by atoms with Crippen molar-refractivity contribution in [3.05, 3.63) is 41.6 Å². The lowest BCUT2D eigenvalue weighted by Crippen LogP contribution is -3.15. The maximum absolute atomic E-state index is 14.4. The lowest BCUT2D eigenvalue weighted by Gasteiger charge is -2.50. The van der Waals surface area contributed by atoms with Crippen molar-refractivity contribution in [2.24, 2.45) is 17.8 Å². The van der Waals surface area contributed by atoms with Crippen LogP contribution in [0.1, 0.15) is 58.1 Å². The third-order valence-corrected chi connectivity index (χ3v) is 10.8. The number of aliphatic hydroxyl groups is 1. The van der Waals surface area contributed by atoms with Crippen LogP contribution in [0.3, 0.4) is 0 Å². The van der Waals surface area contributed by atoms with Gasteiger partial charge in [0.2, 0.25) is 17.5 Å². The van der Waals surface area contributed by atoms with E-state index in [1.807, 2.05) is 33.8 Å². The summed E-state index contributed by atoms with van der Waals surface area (Å²) in [6, 6.07) is 4.94. The van der Waals surface area contributed by atoms with E-state index in [0.29, 0.717) is 25.9 Å². The van der Waals surface area contributed by atoms with Gasteiger partial charge in [0.05, 0.1) is 13.6 Å². The molecule has 0 saturated carbocycles. The summed E-state index contributed by atoms with van der Waals surface area (Å²) in [5.41, 5.74) is 2.89. The second-order valence-corrected chi connectivity index (χ2v) is 13.4. The summed E-state index contributed by atoms with van der Waals surface area (Å²) >= 11 is 0. The zero-order valence-corrected chi connectivity index (χ0v) is 25.1. The van der Waals surface area contributed by atoms with Crippen molar-refractivity contribution >= 4 is 34.2 Å². The number of hydrogen-bond acceptors (Lipinski definition) is 5. The Hall–Kier alpha value is -3.21. The number of amides is 3. The van der Waals surface area contributed by atoms with Gasteiger partial charge in [0.15, 0.2) is 0 Å². The Morgan fingerprint density at radius 2 is 2.07 bits per heavy atom. The fraction of sp³-hybridized carbons (Fsp3) is 0.594. The number of piperazine rings is 1. The number of carbonyl (C=O) groups is 3. The van der Waals surface area contributed by atoms with E-state index in [0.717, 1.165) is 29.5 Å². The van der Waals surface area contributed by atoms with Crippen LogP contribution in [0.5, 0.6) is 0 Å². The van der Waals surface area contributed by atoms with E-state index in [2.05, 4.69) is 41.8 Å². The number of fused-ring (bicyclic) bond motifs is 5. The van der Waals surface area contributed by atoms with Gasteiger partial charge in [-0.05, 0) is 36.0 Å². The van der Waals surface area contributed by atoms with Gasteiger partial charge in [-0.1, -0.05) is 52.3 Å². The van der Waals surface area contributed by atoms with E-state index in [4.69, 9.17) is 4.74 Å². The summed E-state index contributed by atoms with van der Waals surface area (Å²) in [6.45, 7) is 8.60. The molecule has 1 aromatic carbocycles. The van der Waals surface area contributed by atoms with E-state index in [1.54, 1.807) is 4.90 Å². The van der Waals surface area contributed by atoms with Crippen molar-refractivity contribution < 1.29 is 29.1 Å². The number of nitrogens with one attached hydrogen (secondary N) is 3. The SMILES string of the molecule is CC[C@H](C)[C@@H]1C(=O)N2CCC[C@@H]2[C@]2(O)O[C@@](NC(=O)[C@H]3C=C4c5cccc6[nH]cc(c56)C[C@@H]4[NH+](C)C3)(C(C)C)C(=O)N12. The quantitative estimate of drug-likeness (QED) is 0.424. The number of rotatable bonds is 5. The van der Waals surface area contributed by atoms with Crippen molar-refractivity contribution in [1.29, 1.82) is 0 Å². The van der Waals surface area contributed by atoms with Gasteiger partial charge < -0.3 is 25.2 Å². The third-order valence-electron chi connectivity index (χ3n) is 10.8. The molecule has 3 amide bonds. The molecule has 2 aromatic rings. The molecule has 1 aliphatic carbocycles. The van der Waals surface area contributed by atoms with Crippen LogP contribution in [0, 0.1) is 17.8 Å². The molecule has 224 valence electrons. The van der Waals surface area contributed by atoms with Gasteiger partial charge >= 0.3 is 0 Å². The number of carbonyl (C=O) groups excluding carboxylic acids is 3. The molecule has 0 spiro atoms. The molecular formula is C32H42N5O5+. The van der Waals surface area contributed by atoms with Gasteiger partial charge in [0.1, 0.15) is 24.0 Å². The van der Waals surface area contributed by atoms with E-state index >= 15 is 0 Å². The number of likely N-dealkylation sites (N-methyl/N-ethyl adjacent to an activating group) is 1. The maximum atomic E-state index is 14.4. The standard InChI is InChI=1S/C32H41N5O5/c1-6-18(4)27-29(39)36-12-8-11-25(36)32(41)37(27)30(40)31(42-32,17(2)3)34-28(38)20-13-22-21-9-7-10-23-26(21)19(15-33-23)14-24(22)35(5)16-20/h7,9-10,13,15,17-18,20,24-25,27,33,41H,6,8,11-12,14,16H2,1-5H3,(H,34,38)/p+1/t18-,20-,24-,25+,27+,31-,32-/m0/s1. The third kappa shape index (κ3) is 3.58.